The van der Waals surface area contributed by atoms with Gasteiger partial charge in [-0.1, -0.05) is 0 Å². The van der Waals surface area contributed by atoms with Crippen molar-refractivity contribution in [2.24, 2.45) is 5.73 Å². The first-order valence-corrected chi connectivity index (χ1v) is 9.20. The van der Waals surface area contributed by atoms with Gasteiger partial charge in [0.05, 0.1) is 18.5 Å². The first kappa shape index (κ1) is 21.6. The Bertz CT molecular complexity index is 917. The van der Waals surface area contributed by atoms with Gasteiger partial charge >= 0.3 is 11.9 Å². The molecule has 0 saturated heterocycles. The number of aryl methyl sites for hydroxylation is 1. The highest BCUT2D eigenvalue weighted by molar-refractivity contribution is 7.18. The highest BCUT2D eigenvalue weighted by atomic mass is 32.1. The molecule has 152 valence electrons. The van der Waals surface area contributed by atoms with Gasteiger partial charge in [-0.25, -0.2) is 9.36 Å². The molecule has 0 aliphatic rings. The molecule has 0 amide bonds. The number of hydrogen-bond acceptors (Lipinski definition) is 6. The Labute approximate surface area is 157 Å². The van der Waals surface area contributed by atoms with Crippen molar-refractivity contribution in [2.45, 2.75) is 39.2 Å². The van der Waals surface area contributed by atoms with Crippen LogP contribution in [0, 0.1) is 6.92 Å². The van der Waals surface area contributed by atoms with E-state index in [-0.39, 0.29) is 23.1 Å². The van der Waals surface area contributed by atoms with Gasteiger partial charge in [0.15, 0.2) is 0 Å². The van der Waals surface area contributed by atoms with Crippen LogP contribution in [0.25, 0.3) is 10.2 Å². The van der Waals surface area contributed by atoms with E-state index < -0.39 is 23.5 Å². The summed E-state index contributed by atoms with van der Waals surface area (Å²) in [6, 6.07) is -2.23. The van der Waals surface area contributed by atoms with Crippen molar-refractivity contribution in [1.82, 2.24) is 14.5 Å². The average Bonchev–Trinajstić information content (AvgIpc) is 2.91. The van der Waals surface area contributed by atoms with Crippen LogP contribution in [0.2, 0.25) is 0 Å². The maximum atomic E-state index is 13.2. The molecule has 2 heterocycles. The lowest BCUT2D eigenvalue weighted by molar-refractivity contribution is -0.164. The van der Waals surface area contributed by atoms with Crippen molar-refractivity contribution in [3.63, 3.8) is 0 Å². The minimum Gasteiger partial charge on any atom is -0.383 e. The van der Waals surface area contributed by atoms with E-state index in [0.717, 1.165) is 11.8 Å². The van der Waals surface area contributed by atoms with Crippen molar-refractivity contribution < 1.29 is 17.9 Å². The molecule has 1 unspecified atom stereocenters. The molecule has 0 radical (unpaired) electrons. The summed E-state index contributed by atoms with van der Waals surface area (Å²) in [6.45, 7) is 4.05. The van der Waals surface area contributed by atoms with E-state index in [4.69, 9.17) is 10.5 Å². The summed E-state index contributed by atoms with van der Waals surface area (Å²) in [5.74, 6) is 0. The smallest absolute Gasteiger partial charge is 0.383 e. The number of hydrogen-bond donors (Lipinski definition) is 2. The summed E-state index contributed by atoms with van der Waals surface area (Å²) in [7, 11) is 1.43. The van der Waals surface area contributed by atoms with Crippen LogP contribution < -0.4 is 22.3 Å². The summed E-state index contributed by atoms with van der Waals surface area (Å²) >= 11 is 1.22. The molecule has 0 aliphatic heterocycles. The highest BCUT2D eigenvalue weighted by Crippen LogP contribution is 2.31. The van der Waals surface area contributed by atoms with Crippen LogP contribution in [0.1, 0.15) is 23.4 Å². The van der Waals surface area contributed by atoms with Crippen LogP contribution in [-0.4, -0.2) is 42.1 Å². The summed E-state index contributed by atoms with van der Waals surface area (Å²) < 4.78 is 46.2. The van der Waals surface area contributed by atoms with Crippen LogP contribution in [0.4, 0.5) is 13.2 Å². The van der Waals surface area contributed by atoms with Crippen LogP contribution in [0.5, 0.6) is 0 Å². The predicted octanol–water partition coefficient (Wildman–Crippen LogP) is 1.35. The van der Waals surface area contributed by atoms with Gasteiger partial charge in [-0.05, 0) is 19.4 Å². The zero-order valence-electron chi connectivity index (χ0n) is 15.4. The number of methoxy groups -OCH3 is 1. The van der Waals surface area contributed by atoms with Gasteiger partial charge in [-0.2, -0.15) is 13.2 Å². The Hall–Kier alpha value is -1.69. The van der Waals surface area contributed by atoms with Crippen molar-refractivity contribution >= 4 is 21.6 Å². The largest absolute Gasteiger partial charge is 0.409 e. The Morgan fingerprint density at radius 1 is 1.33 bits per heavy atom. The number of rotatable bonds is 8. The number of ether oxygens (including phenoxy) is 1. The van der Waals surface area contributed by atoms with E-state index in [0.29, 0.717) is 30.0 Å². The Morgan fingerprint density at radius 3 is 2.56 bits per heavy atom. The van der Waals surface area contributed by atoms with E-state index in [1.54, 1.807) is 6.92 Å². The van der Waals surface area contributed by atoms with Gasteiger partial charge in [0.2, 0.25) is 0 Å². The Morgan fingerprint density at radius 2 is 2.00 bits per heavy atom. The molecule has 0 aliphatic carbocycles. The van der Waals surface area contributed by atoms with Crippen molar-refractivity contribution in [3.05, 3.63) is 31.3 Å². The minimum atomic E-state index is -4.72. The first-order valence-electron chi connectivity index (χ1n) is 8.38. The standard InChI is InChI=1S/C16H23F3N4O3S/c1-9-11(8-21-5-4-20)27-14-12(9)13(24)23(10(2)16(17,18)19)15(25)22(14)6-7-26-3/h10,21H,4-8,20H2,1-3H3. The van der Waals surface area contributed by atoms with E-state index >= 15 is 0 Å². The fourth-order valence-corrected chi connectivity index (χ4v) is 4.04. The van der Waals surface area contributed by atoms with Crippen LogP contribution in [0.3, 0.4) is 0 Å². The average molecular weight is 408 g/mol. The predicted molar refractivity (Wildman–Crippen MR) is 98.5 cm³/mol. The number of nitrogens with zero attached hydrogens (tertiary/aromatic N) is 2. The quantitative estimate of drug-likeness (QED) is 0.644. The maximum Gasteiger partial charge on any atom is 0.409 e. The topological polar surface area (TPSA) is 91.3 Å². The normalized spacial score (nSPS) is 13.4. The second kappa shape index (κ2) is 8.55. The molecule has 1 atom stereocenters. The summed E-state index contributed by atoms with van der Waals surface area (Å²) in [4.78, 5) is 26.7. The Balaban J connectivity index is 2.76. The number of nitrogens with one attached hydrogen (secondary N) is 1. The Kier molecular flexibility index (Phi) is 6.84. The van der Waals surface area contributed by atoms with E-state index in [9.17, 15) is 22.8 Å². The first-order chi connectivity index (χ1) is 12.6. The second-order valence-corrected chi connectivity index (χ2v) is 7.20. The zero-order chi connectivity index (χ0) is 20.4. The third kappa shape index (κ3) is 4.26. The van der Waals surface area contributed by atoms with Gasteiger partial charge in [0, 0.05) is 31.6 Å². The minimum absolute atomic E-state index is 0.0479. The molecule has 2 aromatic heterocycles. The zero-order valence-corrected chi connectivity index (χ0v) is 16.2. The molecule has 11 heteroatoms. The SMILES string of the molecule is COCCn1c(=O)n(C(C)C(F)(F)F)c(=O)c2c(C)c(CNCCN)sc21. The van der Waals surface area contributed by atoms with Gasteiger partial charge in [-0.15, -0.1) is 11.3 Å². The molecule has 7 nitrogen and oxygen atoms in total. The molecule has 0 aromatic carbocycles. The van der Waals surface area contributed by atoms with Crippen LogP contribution in [-0.2, 0) is 17.8 Å². The number of nitrogens with two attached hydrogens (primary N) is 1. The molecule has 0 fully saturated rings. The number of aromatic nitrogens is 2. The molecule has 3 N–H and O–H groups in total. The molecule has 2 rings (SSSR count). The van der Waals surface area contributed by atoms with Gasteiger partial charge in [0.25, 0.3) is 5.56 Å². The van der Waals surface area contributed by atoms with E-state index in [1.807, 2.05) is 0 Å². The lowest BCUT2D eigenvalue weighted by Crippen LogP contribution is -2.45. The van der Waals surface area contributed by atoms with Crippen molar-refractivity contribution in [2.75, 3.05) is 26.8 Å². The molecule has 0 bridgehead atoms. The third-order valence-corrected chi connectivity index (χ3v) is 5.64. The number of thiophene rings is 1. The maximum absolute atomic E-state index is 13.2. The van der Waals surface area contributed by atoms with E-state index in [2.05, 4.69) is 5.32 Å². The lowest BCUT2D eigenvalue weighted by Gasteiger charge is -2.19. The van der Waals surface area contributed by atoms with Crippen LogP contribution in [0.15, 0.2) is 9.59 Å². The molecular formula is C16H23F3N4O3S. The fraction of sp³-hybridized carbons (Fsp3) is 0.625. The molecule has 0 spiro atoms. The van der Waals surface area contributed by atoms with Gasteiger partial charge in [-0.3, -0.25) is 9.36 Å². The monoisotopic (exact) mass is 408 g/mol. The molecule has 2 aromatic rings. The molecule has 0 saturated carbocycles. The third-order valence-electron chi connectivity index (χ3n) is 4.33. The van der Waals surface area contributed by atoms with Crippen molar-refractivity contribution in [1.29, 1.82) is 0 Å². The molecule has 27 heavy (non-hydrogen) atoms. The van der Waals surface area contributed by atoms with Gasteiger partial charge < -0.3 is 15.8 Å². The van der Waals surface area contributed by atoms with Gasteiger partial charge in [0.1, 0.15) is 10.9 Å². The summed E-state index contributed by atoms with van der Waals surface area (Å²) in [5.41, 5.74) is 4.10. The second-order valence-electron chi connectivity index (χ2n) is 6.12. The number of fused-ring (bicyclic) bond motifs is 1. The van der Waals surface area contributed by atoms with Crippen LogP contribution >= 0.6 is 11.3 Å². The molecular weight excluding hydrogens is 385 g/mol. The lowest BCUT2D eigenvalue weighted by atomic mass is 10.2. The highest BCUT2D eigenvalue weighted by Gasteiger charge is 2.40. The van der Waals surface area contributed by atoms with E-state index in [1.165, 1.54) is 23.0 Å². The summed E-state index contributed by atoms with van der Waals surface area (Å²) in [5, 5.41) is 3.23. The van der Waals surface area contributed by atoms with Crippen molar-refractivity contribution in [3.8, 4) is 0 Å². The number of alkyl halides is 3. The fourth-order valence-electron chi connectivity index (χ4n) is 2.75. The number of halogens is 3. The summed E-state index contributed by atoms with van der Waals surface area (Å²) in [6.07, 6.45) is -4.72.